The number of anilines is 1. The van der Waals surface area contributed by atoms with Crippen LogP contribution in [0, 0.1) is 13.8 Å². The average molecular weight is 545 g/mol. The number of carboxylic acids is 1. The fourth-order valence-corrected chi connectivity index (χ4v) is 5.74. The van der Waals surface area contributed by atoms with Crippen LogP contribution in [0.4, 0.5) is 5.95 Å². The summed E-state index contributed by atoms with van der Waals surface area (Å²) < 4.78 is 35.3. The Balaban J connectivity index is 1.57. The van der Waals surface area contributed by atoms with Gasteiger partial charge in [0.05, 0.1) is 16.2 Å². The van der Waals surface area contributed by atoms with E-state index in [2.05, 4.69) is 26.1 Å². The van der Waals surface area contributed by atoms with Crippen LogP contribution in [0.1, 0.15) is 38.7 Å². The first kappa shape index (κ1) is 26.3. The van der Waals surface area contributed by atoms with Crippen molar-refractivity contribution in [2.45, 2.75) is 31.3 Å². The molecule has 3 aromatic carbocycles. The summed E-state index contributed by atoms with van der Waals surface area (Å²) in [6, 6.07) is 20.7. The largest absolute Gasteiger partial charge is 0.478 e. The van der Waals surface area contributed by atoms with Gasteiger partial charge in [0, 0.05) is 18.2 Å². The van der Waals surface area contributed by atoms with Crippen LogP contribution in [0.25, 0.3) is 11.3 Å². The molecule has 10 heteroatoms. The molecule has 5 rings (SSSR count). The lowest BCUT2D eigenvalue weighted by Gasteiger charge is -2.20. The summed E-state index contributed by atoms with van der Waals surface area (Å²) >= 11 is 0. The molecule has 39 heavy (non-hydrogen) atoms. The maximum Gasteiger partial charge on any atom is 0.335 e. The van der Waals surface area contributed by atoms with Gasteiger partial charge in [0.2, 0.25) is 11.8 Å². The Bertz CT molecular complexity index is 1640. The molecular formula is C29H28N4O5S. The van der Waals surface area contributed by atoms with Gasteiger partial charge < -0.3 is 15.2 Å². The average Bonchev–Trinajstić information content (AvgIpc) is 3.10. The minimum atomic E-state index is -4.20. The number of benzene rings is 3. The van der Waals surface area contributed by atoms with Gasteiger partial charge >= 0.3 is 5.97 Å². The summed E-state index contributed by atoms with van der Waals surface area (Å²) in [6.45, 7) is 5.28. The zero-order valence-corrected chi connectivity index (χ0v) is 22.3. The van der Waals surface area contributed by atoms with Crippen molar-refractivity contribution in [3.8, 4) is 17.1 Å². The first-order chi connectivity index (χ1) is 18.7. The lowest BCUT2D eigenvalue weighted by atomic mass is 10.00. The first-order valence-electron chi connectivity index (χ1n) is 12.5. The number of sulfonamides is 1. The molecule has 0 amide bonds. The number of aryl methyl sites for hydroxylation is 2. The van der Waals surface area contributed by atoms with Crippen LogP contribution in [0.15, 0.2) is 77.7 Å². The zero-order valence-electron chi connectivity index (χ0n) is 21.5. The molecule has 0 saturated heterocycles. The molecule has 4 aromatic rings. The lowest BCUT2D eigenvalue weighted by molar-refractivity contribution is 0.0696. The Morgan fingerprint density at radius 3 is 2.51 bits per heavy atom. The number of aromatic nitrogens is 2. The van der Waals surface area contributed by atoms with Crippen LogP contribution >= 0.6 is 0 Å². The number of hydrogen-bond donors (Lipinski definition) is 3. The third kappa shape index (κ3) is 5.76. The Morgan fingerprint density at radius 1 is 1.00 bits per heavy atom. The fraction of sp³-hybridized carbons (Fsp3) is 0.207. The molecule has 0 radical (unpaired) electrons. The second-order valence-electron chi connectivity index (χ2n) is 9.38. The maximum absolute atomic E-state index is 13.2. The normalized spacial score (nSPS) is 15.2. The second-order valence-corrected chi connectivity index (χ2v) is 11.1. The van der Waals surface area contributed by atoms with Gasteiger partial charge in [-0.1, -0.05) is 48.5 Å². The summed E-state index contributed by atoms with van der Waals surface area (Å²) in [5.41, 5.74) is 5.35. The van der Waals surface area contributed by atoms with Crippen molar-refractivity contribution in [3.05, 3.63) is 101 Å². The highest BCUT2D eigenvalue weighted by Crippen LogP contribution is 2.32. The topological polar surface area (TPSA) is 131 Å². The van der Waals surface area contributed by atoms with Gasteiger partial charge in [0.1, 0.15) is 6.10 Å². The number of fused-ring (bicyclic) bond motifs is 1. The van der Waals surface area contributed by atoms with E-state index in [9.17, 15) is 18.3 Å². The number of nitrogens with one attached hydrogen (secondary N) is 2. The lowest BCUT2D eigenvalue weighted by Crippen LogP contribution is -2.24. The van der Waals surface area contributed by atoms with Gasteiger partial charge in [-0.15, -0.1) is 0 Å². The minimum Gasteiger partial charge on any atom is -0.478 e. The number of carboxylic acid groups (broad SMARTS) is 1. The van der Waals surface area contributed by atoms with Crippen LogP contribution in [0.2, 0.25) is 0 Å². The number of rotatable bonds is 7. The third-order valence-corrected chi connectivity index (χ3v) is 7.95. The van der Waals surface area contributed by atoms with Crippen LogP contribution in [0.3, 0.4) is 0 Å². The highest BCUT2D eigenvalue weighted by atomic mass is 32.2. The van der Waals surface area contributed by atoms with Crippen LogP contribution < -0.4 is 14.8 Å². The monoisotopic (exact) mass is 544 g/mol. The summed E-state index contributed by atoms with van der Waals surface area (Å²) in [6.07, 6.45) is 0.523. The molecule has 0 saturated carbocycles. The van der Waals surface area contributed by atoms with Crippen LogP contribution in [-0.2, 0) is 16.4 Å². The Kier molecular flexibility index (Phi) is 7.32. The Labute approximate surface area is 227 Å². The van der Waals surface area contributed by atoms with Gasteiger partial charge in [-0.2, -0.15) is 4.98 Å². The molecule has 3 N–H and O–H groups in total. The van der Waals surface area contributed by atoms with Gasteiger partial charge in [0.25, 0.3) is 10.0 Å². The summed E-state index contributed by atoms with van der Waals surface area (Å²) in [7, 11) is -4.20. The molecule has 9 nitrogen and oxygen atoms in total. The van der Waals surface area contributed by atoms with E-state index in [1.165, 1.54) is 23.8 Å². The molecule has 200 valence electrons. The highest BCUT2D eigenvalue weighted by Gasteiger charge is 2.23. The molecule has 1 aliphatic heterocycles. The standard InChI is InChI=1S/C29H28N4O5S/c1-18-7-5-8-19(2)27(18)24-16-26(38-25-17-30-14-13-20-9-3-4-12-23(20)25)32-29(31-24)33-39(36,37)22-11-6-10-21(15-22)28(34)35/h3-12,15-16,25,30H,13-14,17H2,1-2H3,(H,34,35)(H,31,32,33). The smallest absolute Gasteiger partial charge is 0.335 e. The van der Waals surface area contributed by atoms with Crippen molar-refractivity contribution in [1.82, 2.24) is 15.3 Å². The van der Waals surface area contributed by atoms with Crippen molar-refractivity contribution >= 4 is 21.9 Å². The van der Waals surface area contributed by atoms with E-state index in [0.29, 0.717) is 12.2 Å². The highest BCUT2D eigenvalue weighted by molar-refractivity contribution is 7.92. The van der Waals surface area contributed by atoms with Gasteiger partial charge in [-0.3, -0.25) is 0 Å². The van der Waals surface area contributed by atoms with Crippen LogP contribution in [0.5, 0.6) is 5.88 Å². The first-order valence-corrected chi connectivity index (χ1v) is 14.0. The molecule has 1 unspecified atom stereocenters. The molecule has 1 aromatic heterocycles. The SMILES string of the molecule is Cc1cccc(C)c1-c1cc(OC2CNCCc3ccccc32)nc(NS(=O)(=O)c2cccc(C(=O)O)c2)n1. The van der Waals surface area contributed by atoms with E-state index in [-0.39, 0.29) is 28.4 Å². The number of carbonyl (C=O) groups is 1. The van der Waals surface area contributed by atoms with Gasteiger partial charge in [-0.05, 0) is 67.3 Å². The molecule has 1 aliphatic rings. The minimum absolute atomic E-state index is 0.147. The van der Waals surface area contributed by atoms with Crippen molar-refractivity contribution in [2.24, 2.45) is 0 Å². The van der Waals surface area contributed by atoms with Crippen molar-refractivity contribution in [1.29, 1.82) is 0 Å². The molecular weight excluding hydrogens is 516 g/mol. The third-order valence-electron chi connectivity index (χ3n) is 6.62. The Morgan fingerprint density at radius 2 is 1.74 bits per heavy atom. The van der Waals surface area contributed by atoms with E-state index < -0.39 is 16.0 Å². The number of nitrogens with zero attached hydrogens (tertiary/aromatic N) is 2. The number of aromatic carboxylic acids is 1. The number of ether oxygens (including phenoxy) is 1. The van der Waals surface area contributed by atoms with Crippen molar-refractivity contribution < 1.29 is 23.1 Å². The predicted molar refractivity (Wildman–Crippen MR) is 148 cm³/mol. The van der Waals surface area contributed by atoms with Crippen LogP contribution in [-0.4, -0.2) is 42.6 Å². The van der Waals surface area contributed by atoms with Gasteiger partial charge in [0.15, 0.2) is 0 Å². The van der Waals surface area contributed by atoms with E-state index in [4.69, 9.17) is 4.74 Å². The summed E-state index contributed by atoms with van der Waals surface area (Å²) in [4.78, 5) is 20.1. The zero-order chi connectivity index (χ0) is 27.6. The second kappa shape index (κ2) is 10.8. The maximum atomic E-state index is 13.2. The molecule has 0 aliphatic carbocycles. The Hall–Kier alpha value is -4.28. The van der Waals surface area contributed by atoms with E-state index >= 15 is 0 Å². The predicted octanol–water partition coefficient (Wildman–Crippen LogP) is 4.53. The quantitative estimate of drug-likeness (QED) is 0.310. The van der Waals surface area contributed by atoms with E-state index in [1.807, 2.05) is 50.2 Å². The summed E-state index contributed by atoms with van der Waals surface area (Å²) in [5, 5.41) is 12.7. The number of hydrogen-bond acceptors (Lipinski definition) is 7. The van der Waals surface area contributed by atoms with E-state index in [0.717, 1.165) is 41.3 Å². The molecule has 2 heterocycles. The molecule has 1 atom stereocenters. The van der Waals surface area contributed by atoms with Gasteiger partial charge in [-0.25, -0.2) is 22.9 Å². The fourth-order valence-electron chi connectivity index (χ4n) is 4.75. The molecule has 0 spiro atoms. The van der Waals surface area contributed by atoms with Crippen molar-refractivity contribution in [3.63, 3.8) is 0 Å². The summed E-state index contributed by atoms with van der Waals surface area (Å²) in [5.74, 6) is -1.20. The molecule has 0 fully saturated rings. The molecule has 0 bridgehead atoms. The van der Waals surface area contributed by atoms with E-state index in [1.54, 1.807) is 6.07 Å². The van der Waals surface area contributed by atoms with Crippen molar-refractivity contribution in [2.75, 3.05) is 17.8 Å².